The van der Waals surface area contributed by atoms with Crippen LogP contribution in [0, 0.1) is 0 Å². The first-order valence-electron chi connectivity index (χ1n) is 7.53. The van der Waals surface area contributed by atoms with E-state index in [2.05, 4.69) is 15.3 Å². The third-order valence-corrected chi connectivity index (χ3v) is 4.01. The molecule has 10 heteroatoms. The molecule has 0 aliphatic carbocycles. The van der Waals surface area contributed by atoms with Gasteiger partial charge in [0.2, 0.25) is 5.95 Å². The van der Waals surface area contributed by atoms with Crippen LogP contribution in [0.25, 0.3) is 11.4 Å². The number of carbonyl (C=O) groups excluding carboxylic acids is 1. The highest BCUT2D eigenvalue weighted by molar-refractivity contribution is 5.98. The Kier molecular flexibility index (Phi) is 4.36. The van der Waals surface area contributed by atoms with Crippen molar-refractivity contribution >= 4 is 11.9 Å². The van der Waals surface area contributed by atoms with E-state index in [9.17, 15) is 22.4 Å². The second kappa shape index (κ2) is 6.34. The van der Waals surface area contributed by atoms with Crippen molar-refractivity contribution in [1.29, 1.82) is 0 Å². The molecule has 1 aliphatic rings. The number of aromatic nitrogens is 3. The summed E-state index contributed by atoms with van der Waals surface area (Å²) in [7, 11) is 0. The van der Waals surface area contributed by atoms with Crippen molar-refractivity contribution in [1.82, 2.24) is 19.9 Å². The molecule has 0 bridgehead atoms. The summed E-state index contributed by atoms with van der Waals surface area (Å²) in [6.07, 6.45) is -3.19. The molecule has 134 valence electrons. The van der Waals surface area contributed by atoms with E-state index in [0.29, 0.717) is 0 Å². The van der Waals surface area contributed by atoms with Crippen molar-refractivity contribution in [3.8, 4) is 11.4 Å². The monoisotopic (exact) mass is 357 g/mol. The number of alkyl halides is 4. The first-order chi connectivity index (χ1) is 11.8. The van der Waals surface area contributed by atoms with Gasteiger partial charge < -0.3 is 15.6 Å². The van der Waals surface area contributed by atoms with Crippen molar-refractivity contribution in [3.63, 3.8) is 0 Å². The third kappa shape index (κ3) is 3.42. The molecule has 3 N–H and O–H groups in total. The largest absolute Gasteiger partial charge is 0.406 e. The number of amides is 1. The van der Waals surface area contributed by atoms with Gasteiger partial charge in [0.1, 0.15) is 6.54 Å². The van der Waals surface area contributed by atoms with Crippen LogP contribution >= 0.6 is 0 Å². The summed E-state index contributed by atoms with van der Waals surface area (Å²) in [6.45, 7) is -1.92. The van der Waals surface area contributed by atoms with Crippen LogP contribution in [0.5, 0.6) is 0 Å². The van der Waals surface area contributed by atoms with E-state index in [1.54, 1.807) is 0 Å². The highest BCUT2D eigenvalue weighted by atomic mass is 19.4. The first-order valence-corrected chi connectivity index (χ1v) is 7.53. The van der Waals surface area contributed by atoms with Gasteiger partial charge in [-0.15, -0.1) is 0 Å². The van der Waals surface area contributed by atoms with Crippen molar-refractivity contribution in [2.45, 2.75) is 25.1 Å². The first kappa shape index (κ1) is 17.2. The minimum atomic E-state index is -4.52. The lowest BCUT2D eigenvalue weighted by Gasteiger charge is -2.26. The minimum Gasteiger partial charge on any atom is -0.368 e. The van der Waals surface area contributed by atoms with E-state index < -0.39 is 31.2 Å². The Bertz CT molecular complexity index is 802. The van der Waals surface area contributed by atoms with Gasteiger partial charge >= 0.3 is 6.18 Å². The van der Waals surface area contributed by atoms with Gasteiger partial charge in [0.15, 0.2) is 0 Å². The SMILES string of the molecule is Nc1nccc(-c2cc3c(n2CC(F)(F)F)C(CCF)CNC3=O)n1. The van der Waals surface area contributed by atoms with Crippen molar-refractivity contribution in [2.75, 3.05) is 19.0 Å². The average molecular weight is 357 g/mol. The lowest BCUT2D eigenvalue weighted by atomic mass is 9.94. The van der Waals surface area contributed by atoms with Crippen LogP contribution in [-0.4, -0.2) is 39.8 Å². The molecule has 0 spiro atoms. The standard InChI is InChI=1S/C15H15F4N5O/c16-3-1-8-6-22-13(25)9-5-11(10-2-4-21-14(20)23-10)24(12(8)9)7-15(17,18)19/h2,4-5,8H,1,3,6-7H2,(H,22,25)(H2,20,21,23). The molecule has 25 heavy (non-hydrogen) atoms. The molecule has 0 saturated heterocycles. The minimum absolute atomic E-state index is 0.0144. The molecule has 6 nitrogen and oxygen atoms in total. The van der Waals surface area contributed by atoms with Gasteiger partial charge in [0.25, 0.3) is 5.91 Å². The molecule has 1 unspecified atom stereocenters. The number of halogens is 4. The molecular formula is C15H15F4N5O. The van der Waals surface area contributed by atoms with E-state index in [4.69, 9.17) is 5.73 Å². The average Bonchev–Trinajstić information content (AvgIpc) is 2.89. The molecule has 0 fully saturated rings. The van der Waals surface area contributed by atoms with Gasteiger partial charge in [0, 0.05) is 24.4 Å². The molecule has 0 saturated carbocycles. The Labute approximate surface area is 140 Å². The van der Waals surface area contributed by atoms with Crippen LogP contribution in [0.3, 0.4) is 0 Å². The van der Waals surface area contributed by atoms with Gasteiger partial charge in [-0.2, -0.15) is 13.2 Å². The van der Waals surface area contributed by atoms with E-state index in [-0.39, 0.29) is 41.6 Å². The number of fused-ring (bicyclic) bond motifs is 1. The zero-order chi connectivity index (χ0) is 18.2. The summed E-state index contributed by atoms with van der Waals surface area (Å²) in [4.78, 5) is 19.8. The number of nitrogens with two attached hydrogens (primary N) is 1. The molecule has 1 atom stereocenters. The summed E-state index contributed by atoms with van der Waals surface area (Å²) < 4.78 is 53.2. The lowest BCUT2D eigenvalue weighted by molar-refractivity contribution is -0.140. The van der Waals surface area contributed by atoms with E-state index in [1.165, 1.54) is 18.3 Å². The summed E-state index contributed by atoms with van der Waals surface area (Å²) in [6, 6.07) is 2.74. The van der Waals surface area contributed by atoms with Gasteiger partial charge in [-0.1, -0.05) is 0 Å². The van der Waals surface area contributed by atoms with Gasteiger partial charge in [0.05, 0.1) is 23.6 Å². The van der Waals surface area contributed by atoms with Crippen LogP contribution < -0.4 is 11.1 Å². The highest BCUT2D eigenvalue weighted by Gasteiger charge is 2.36. The number of rotatable bonds is 4. The molecule has 0 aromatic carbocycles. The molecule has 2 aromatic heterocycles. The van der Waals surface area contributed by atoms with Crippen LogP contribution in [-0.2, 0) is 6.54 Å². The maximum Gasteiger partial charge on any atom is 0.406 e. The number of carbonyl (C=O) groups is 1. The Balaban J connectivity index is 2.21. The number of anilines is 1. The number of nitrogens with one attached hydrogen (secondary N) is 1. The third-order valence-electron chi connectivity index (χ3n) is 4.01. The summed E-state index contributed by atoms with van der Waals surface area (Å²) >= 11 is 0. The topological polar surface area (TPSA) is 85.8 Å². The Morgan fingerprint density at radius 3 is 2.80 bits per heavy atom. The van der Waals surface area contributed by atoms with Gasteiger partial charge in [-0.3, -0.25) is 9.18 Å². The Morgan fingerprint density at radius 2 is 2.16 bits per heavy atom. The molecular weight excluding hydrogens is 342 g/mol. The zero-order valence-electron chi connectivity index (χ0n) is 13.0. The second-order valence-corrected chi connectivity index (χ2v) is 5.71. The fourth-order valence-corrected chi connectivity index (χ4v) is 3.04. The van der Waals surface area contributed by atoms with Crippen LogP contribution in [0.1, 0.15) is 28.4 Å². The molecule has 3 rings (SSSR count). The van der Waals surface area contributed by atoms with Gasteiger partial charge in [-0.05, 0) is 18.6 Å². The predicted molar refractivity (Wildman–Crippen MR) is 81.6 cm³/mol. The molecule has 3 heterocycles. The van der Waals surface area contributed by atoms with E-state index >= 15 is 0 Å². The summed E-state index contributed by atoms with van der Waals surface area (Å²) in [5.74, 6) is -1.14. The lowest BCUT2D eigenvalue weighted by Crippen LogP contribution is -2.36. The molecule has 1 amide bonds. The second-order valence-electron chi connectivity index (χ2n) is 5.71. The number of hydrogen-bond donors (Lipinski definition) is 2. The highest BCUT2D eigenvalue weighted by Crippen LogP contribution is 2.36. The van der Waals surface area contributed by atoms with Crippen LogP contribution in [0.4, 0.5) is 23.5 Å². The maximum atomic E-state index is 13.1. The van der Waals surface area contributed by atoms with Crippen molar-refractivity contribution in [2.24, 2.45) is 0 Å². The Morgan fingerprint density at radius 1 is 1.40 bits per heavy atom. The molecule has 2 aromatic rings. The summed E-state index contributed by atoms with van der Waals surface area (Å²) in [5.41, 5.74) is 6.05. The molecule has 0 radical (unpaired) electrons. The predicted octanol–water partition coefficient (Wildman–Crippen LogP) is 2.28. The van der Waals surface area contributed by atoms with Crippen molar-refractivity contribution in [3.05, 3.63) is 29.6 Å². The zero-order valence-corrected chi connectivity index (χ0v) is 13.0. The summed E-state index contributed by atoms with van der Waals surface area (Å²) in [5, 5.41) is 2.58. The molecule has 1 aliphatic heterocycles. The van der Waals surface area contributed by atoms with Crippen LogP contribution in [0.2, 0.25) is 0 Å². The van der Waals surface area contributed by atoms with Gasteiger partial charge in [-0.25, -0.2) is 9.97 Å². The van der Waals surface area contributed by atoms with Crippen molar-refractivity contribution < 1.29 is 22.4 Å². The number of nitrogens with zero attached hydrogens (tertiary/aromatic N) is 3. The maximum absolute atomic E-state index is 13.1. The number of nitrogen functional groups attached to an aromatic ring is 1. The quantitative estimate of drug-likeness (QED) is 0.822. The van der Waals surface area contributed by atoms with E-state index in [1.807, 2.05) is 0 Å². The van der Waals surface area contributed by atoms with E-state index in [0.717, 1.165) is 4.57 Å². The van der Waals surface area contributed by atoms with Crippen LogP contribution in [0.15, 0.2) is 18.3 Å². The fourth-order valence-electron chi connectivity index (χ4n) is 3.04. The smallest absolute Gasteiger partial charge is 0.368 e. The fraction of sp³-hybridized carbons (Fsp3) is 0.400. The number of hydrogen-bond acceptors (Lipinski definition) is 4. The Hall–Kier alpha value is -2.65. The normalized spacial score (nSPS) is 17.3.